The predicted octanol–water partition coefficient (Wildman–Crippen LogP) is 1.02. The molecule has 0 radical (unpaired) electrons. The lowest BCUT2D eigenvalue weighted by Crippen LogP contribution is -2.17. The summed E-state index contributed by atoms with van der Waals surface area (Å²) < 4.78 is 5.03. The molecule has 0 amide bonds. The lowest BCUT2D eigenvalue weighted by Gasteiger charge is -2.10. The SMILES string of the molecule is CC(C)C(O)Cc1nc(-c2ncc[nH]2)no1. The molecular formula is C10H14N4O2. The van der Waals surface area contributed by atoms with E-state index in [9.17, 15) is 5.11 Å². The third kappa shape index (κ3) is 2.27. The number of aliphatic hydroxyl groups is 1. The molecule has 2 rings (SSSR count). The van der Waals surface area contributed by atoms with Crippen LogP contribution < -0.4 is 0 Å². The van der Waals surface area contributed by atoms with Crippen LogP contribution in [0.1, 0.15) is 19.7 Å². The molecular weight excluding hydrogens is 208 g/mol. The van der Waals surface area contributed by atoms with Gasteiger partial charge in [-0.1, -0.05) is 19.0 Å². The Hall–Kier alpha value is -1.69. The van der Waals surface area contributed by atoms with Crippen molar-refractivity contribution in [1.29, 1.82) is 0 Å². The molecule has 16 heavy (non-hydrogen) atoms. The number of nitrogens with zero attached hydrogens (tertiary/aromatic N) is 3. The van der Waals surface area contributed by atoms with Crippen LogP contribution in [0.15, 0.2) is 16.9 Å². The summed E-state index contributed by atoms with van der Waals surface area (Å²) in [7, 11) is 0. The summed E-state index contributed by atoms with van der Waals surface area (Å²) in [6.07, 6.45) is 3.21. The van der Waals surface area contributed by atoms with Crippen molar-refractivity contribution in [2.45, 2.75) is 26.4 Å². The van der Waals surface area contributed by atoms with Gasteiger partial charge in [-0.25, -0.2) is 4.98 Å². The van der Waals surface area contributed by atoms with E-state index in [4.69, 9.17) is 4.52 Å². The molecule has 6 nitrogen and oxygen atoms in total. The molecule has 0 fully saturated rings. The van der Waals surface area contributed by atoms with Crippen LogP contribution in [0, 0.1) is 5.92 Å². The molecule has 86 valence electrons. The van der Waals surface area contributed by atoms with Gasteiger partial charge in [-0.2, -0.15) is 4.98 Å². The van der Waals surface area contributed by atoms with Crippen LogP contribution in [0.2, 0.25) is 0 Å². The van der Waals surface area contributed by atoms with Crippen LogP contribution in [-0.2, 0) is 6.42 Å². The van der Waals surface area contributed by atoms with Gasteiger partial charge in [-0.15, -0.1) is 0 Å². The topological polar surface area (TPSA) is 87.8 Å². The van der Waals surface area contributed by atoms with E-state index in [1.165, 1.54) is 0 Å². The Morgan fingerprint density at radius 2 is 2.31 bits per heavy atom. The van der Waals surface area contributed by atoms with Crippen LogP contribution in [-0.4, -0.2) is 31.3 Å². The first kappa shape index (κ1) is 10.8. The summed E-state index contributed by atoms with van der Waals surface area (Å²) in [5, 5.41) is 13.4. The fraction of sp³-hybridized carbons (Fsp3) is 0.500. The maximum atomic E-state index is 9.67. The van der Waals surface area contributed by atoms with E-state index in [-0.39, 0.29) is 5.92 Å². The maximum Gasteiger partial charge on any atom is 0.238 e. The summed E-state index contributed by atoms with van der Waals surface area (Å²) in [5.41, 5.74) is 0. The largest absolute Gasteiger partial charge is 0.392 e. The van der Waals surface area contributed by atoms with Gasteiger partial charge in [0.25, 0.3) is 0 Å². The minimum absolute atomic E-state index is 0.166. The molecule has 2 heterocycles. The second-order valence-electron chi connectivity index (χ2n) is 3.96. The minimum Gasteiger partial charge on any atom is -0.392 e. The third-order valence-corrected chi connectivity index (χ3v) is 2.33. The highest BCUT2D eigenvalue weighted by Gasteiger charge is 2.16. The molecule has 2 aromatic rings. The fourth-order valence-corrected chi connectivity index (χ4v) is 1.24. The summed E-state index contributed by atoms with van der Waals surface area (Å²) >= 11 is 0. The Morgan fingerprint density at radius 3 is 2.94 bits per heavy atom. The van der Waals surface area contributed by atoms with Gasteiger partial charge in [-0.3, -0.25) is 0 Å². The number of aliphatic hydroxyl groups excluding tert-OH is 1. The second-order valence-corrected chi connectivity index (χ2v) is 3.96. The number of imidazole rings is 1. The highest BCUT2D eigenvalue weighted by Crippen LogP contribution is 2.13. The highest BCUT2D eigenvalue weighted by molar-refractivity contribution is 5.40. The molecule has 0 saturated carbocycles. The summed E-state index contributed by atoms with van der Waals surface area (Å²) in [5.74, 6) is 1.57. The van der Waals surface area contributed by atoms with Gasteiger partial charge in [0.1, 0.15) is 0 Å². The number of nitrogens with one attached hydrogen (secondary N) is 1. The lowest BCUT2D eigenvalue weighted by atomic mass is 10.0. The summed E-state index contributed by atoms with van der Waals surface area (Å²) in [6, 6.07) is 0. The van der Waals surface area contributed by atoms with Crippen molar-refractivity contribution >= 4 is 0 Å². The monoisotopic (exact) mass is 222 g/mol. The van der Waals surface area contributed by atoms with E-state index in [1.54, 1.807) is 12.4 Å². The minimum atomic E-state index is -0.468. The molecule has 0 saturated heterocycles. The van der Waals surface area contributed by atoms with Crippen LogP contribution >= 0.6 is 0 Å². The van der Waals surface area contributed by atoms with Crippen molar-refractivity contribution < 1.29 is 9.63 Å². The van der Waals surface area contributed by atoms with Crippen molar-refractivity contribution in [1.82, 2.24) is 20.1 Å². The van der Waals surface area contributed by atoms with Crippen molar-refractivity contribution in [3.8, 4) is 11.6 Å². The number of aromatic nitrogens is 4. The maximum absolute atomic E-state index is 9.67. The first-order valence-electron chi connectivity index (χ1n) is 5.17. The standard InChI is InChI=1S/C10H14N4O2/c1-6(2)7(15)5-8-13-10(14-16-8)9-11-3-4-12-9/h3-4,6-7,15H,5H2,1-2H3,(H,11,12). The van der Waals surface area contributed by atoms with Gasteiger partial charge in [0.2, 0.25) is 11.7 Å². The second kappa shape index (κ2) is 4.44. The average molecular weight is 222 g/mol. The summed E-state index contributed by atoms with van der Waals surface area (Å²) in [4.78, 5) is 11.0. The van der Waals surface area contributed by atoms with E-state index in [1.807, 2.05) is 13.8 Å². The van der Waals surface area contributed by atoms with Crippen molar-refractivity contribution in [3.05, 3.63) is 18.3 Å². The summed E-state index contributed by atoms with van der Waals surface area (Å²) in [6.45, 7) is 3.88. The van der Waals surface area contributed by atoms with Gasteiger partial charge in [0, 0.05) is 12.4 Å². The zero-order chi connectivity index (χ0) is 11.5. The lowest BCUT2D eigenvalue weighted by molar-refractivity contribution is 0.116. The van der Waals surface area contributed by atoms with Crippen molar-refractivity contribution in [2.24, 2.45) is 5.92 Å². The number of rotatable bonds is 4. The quantitative estimate of drug-likeness (QED) is 0.806. The molecule has 0 aliphatic heterocycles. The van der Waals surface area contributed by atoms with Crippen molar-refractivity contribution in [3.63, 3.8) is 0 Å². The zero-order valence-electron chi connectivity index (χ0n) is 9.21. The Morgan fingerprint density at radius 1 is 1.50 bits per heavy atom. The van der Waals surface area contributed by atoms with E-state index in [0.717, 1.165) is 0 Å². The smallest absolute Gasteiger partial charge is 0.238 e. The number of aromatic amines is 1. The Balaban J connectivity index is 2.08. The van der Waals surface area contributed by atoms with Gasteiger partial charge in [-0.05, 0) is 5.92 Å². The molecule has 0 aromatic carbocycles. The molecule has 1 atom stereocenters. The van der Waals surface area contributed by atoms with E-state index >= 15 is 0 Å². The Labute approximate surface area is 92.7 Å². The normalized spacial score (nSPS) is 13.2. The van der Waals surface area contributed by atoms with Gasteiger partial charge >= 0.3 is 0 Å². The third-order valence-electron chi connectivity index (χ3n) is 2.33. The van der Waals surface area contributed by atoms with Crippen LogP contribution in [0.3, 0.4) is 0 Å². The van der Waals surface area contributed by atoms with Crippen LogP contribution in [0.5, 0.6) is 0 Å². The van der Waals surface area contributed by atoms with E-state index in [0.29, 0.717) is 24.0 Å². The van der Waals surface area contributed by atoms with Crippen molar-refractivity contribution in [2.75, 3.05) is 0 Å². The molecule has 0 bridgehead atoms. The molecule has 2 N–H and O–H groups in total. The van der Waals surface area contributed by atoms with Gasteiger partial charge < -0.3 is 14.6 Å². The average Bonchev–Trinajstić information content (AvgIpc) is 2.85. The van der Waals surface area contributed by atoms with Crippen LogP contribution in [0.25, 0.3) is 11.6 Å². The molecule has 1 unspecified atom stereocenters. The predicted molar refractivity (Wildman–Crippen MR) is 56.4 cm³/mol. The molecule has 0 aliphatic carbocycles. The van der Waals surface area contributed by atoms with E-state index in [2.05, 4.69) is 20.1 Å². The molecule has 6 heteroatoms. The molecule has 0 aliphatic rings. The highest BCUT2D eigenvalue weighted by atomic mass is 16.5. The first-order chi connectivity index (χ1) is 7.66. The first-order valence-corrected chi connectivity index (χ1v) is 5.17. The Kier molecular flexibility index (Phi) is 3.00. The number of H-pyrrole nitrogens is 1. The van der Waals surface area contributed by atoms with Crippen LogP contribution in [0.4, 0.5) is 0 Å². The Bertz CT molecular complexity index is 435. The fourth-order valence-electron chi connectivity index (χ4n) is 1.24. The number of hydrogen-bond donors (Lipinski definition) is 2. The van der Waals surface area contributed by atoms with Gasteiger partial charge in [0.05, 0.1) is 12.5 Å². The molecule has 2 aromatic heterocycles. The number of hydrogen-bond acceptors (Lipinski definition) is 5. The zero-order valence-corrected chi connectivity index (χ0v) is 9.21. The van der Waals surface area contributed by atoms with Gasteiger partial charge in [0.15, 0.2) is 5.82 Å². The molecule has 0 spiro atoms. The van der Waals surface area contributed by atoms with E-state index < -0.39 is 6.10 Å².